The van der Waals surface area contributed by atoms with Crippen molar-refractivity contribution in [2.24, 2.45) is 11.8 Å². The molecule has 1 atom stereocenters. The molecular formula is C34H42O5. The molecule has 0 saturated carbocycles. The summed E-state index contributed by atoms with van der Waals surface area (Å²) in [5.74, 6) is 1.47. The summed E-state index contributed by atoms with van der Waals surface area (Å²) in [4.78, 5) is 24.9. The molecule has 0 fully saturated rings. The van der Waals surface area contributed by atoms with Gasteiger partial charge < -0.3 is 14.2 Å². The first-order valence-electron chi connectivity index (χ1n) is 14.1. The summed E-state index contributed by atoms with van der Waals surface area (Å²) < 4.78 is 16.4. The van der Waals surface area contributed by atoms with E-state index in [-0.39, 0.29) is 13.2 Å². The Labute approximate surface area is 233 Å². The van der Waals surface area contributed by atoms with Crippen LogP contribution in [0.1, 0.15) is 81.0 Å². The van der Waals surface area contributed by atoms with Crippen molar-refractivity contribution in [1.82, 2.24) is 0 Å². The van der Waals surface area contributed by atoms with Crippen LogP contribution in [0, 0.1) is 11.8 Å². The second-order valence-electron chi connectivity index (χ2n) is 10.4. The van der Waals surface area contributed by atoms with E-state index in [1.54, 1.807) is 32.0 Å². The zero-order valence-electron chi connectivity index (χ0n) is 24.0. The fourth-order valence-corrected chi connectivity index (χ4v) is 4.49. The minimum absolute atomic E-state index is 0.272. The van der Waals surface area contributed by atoms with Gasteiger partial charge in [0.2, 0.25) is 0 Å². The molecule has 5 nitrogen and oxygen atoms in total. The van der Waals surface area contributed by atoms with Crippen molar-refractivity contribution in [1.29, 1.82) is 0 Å². The first-order valence-corrected chi connectivity index (χ1v) is 14.1. The van der Waals surface area contributed by atoms with Crippen molar-refractivity contribution in [2.75, 3.05) is 19.8 Å². The Morgan fingerprint density at radius 1 is 0.692 bits per heavy atom. The molecule has 3 aromatic rings. The lowest BCUT2D eigenvalue weighted by Crippen LogP contribution is -2.09. The first-order chi connectivity index (χ1) is 18.8. The summed E-state index contributed by atoms with van der Waals surface area (Å²) in [6.45, 7) is 11.7. The third-order valence-corrected chi connectivity index (χ3v) is 6.77. The van der Waals surface area contributed by atoms with Gasteiger partial charge in [0.15, 0.2) is 0 Å². The Morgan fingerprint density at radius 3 is 1.90 bits per heavy atom. The topological polar surface area (TPSA) is 61.8 Å². The van der Waals surface area contributed by atoms with Gasteiger partial charge in [0.25, 0.3) is 0 Å². The maximum atomic E-state index is 12.6. The molecule has 0 aliphatic heterocycles. The summed E-state index contributed by atoms with van der Waals surface area (Å²) in [5.41, 5.74) is 4.37. The van der Waals surface area contributed by atoms with Crippen molar-refractivity contribution >= 4 is 11.9 Å². The van der Waals surface area contributed by atoms with E-state index in [0.29, 0.717) is 22.6 Å². The molecule has 39 heavy (non-hydrogen) atoms. The molecule has 0 spiro atoms. The summed E-state index contributed by atoms with van der Waals surface area (Å²) in [6.07, 6.45) is 4.89. The summed E-state index contributed by atoms with van der Waals surface area (Å²) in [6, 6.07) is 21.0. The third-order valence-electron chi connectivity index (χ3n) is 6.77. The molecule has 0 bridgehead atoms. The molecule has 3 rings (SSSR count). The van der Waals surface area contributed by atoms with E-state index in [0.717, 1.165) is 41.4 Å². The quantitative estimate of drug-likeness (QED) is 0.195. The molecule has 1 unspecified atom stereocenters. The summed E-state index contributed by atoms with van der Waals surface area (Å²) >= 11 is 0. The van der Waals surface area contributed by atoms with Crippen LogP contribution in [-0.2, 0) is 9.47 Å². The van der Waals surface area contributed by atoms with Gasteiger partial charge in [-0.25, -0.2) is 9.59 Å². The van der Waals surface area contributed by atoms with Crippen molar-refractivity contribution < 1.29 is 23.8 Å². The van der Waals surface area contributed by atoms with Gasteiger partial charge >= 0.3 is 11.9 Å². The van der Waals surface area contributed by atoms with E-state index in [1.165, 1.54) is 19.3 Å². The number of hydrogen-bond donors (Lipinski definition) is 0. The molecule has 3 aromatic carbocycles. The summed E-state index contributed by atoms with van der Waals surface area (Å²) in [7, 11) is 0. The lowest BCUT2D eigenvalue weighted by Gasteiger charge is -2.13. The Hall–Kier alpha value is -3.60. The third kappa shape index (κ3) is 8.98. The molecule has 0 saturated heterocycles. The Kier molecular flexibility index (Phi) is 11.6. The van der Waals surface area contributed by atoms with Crippen LogP contribution in [0.2, 0.25) is 0 Å². The van der Waals surface area contributed by atoms with Crippen molar-refractivity contribution in [2.45, 2.75) is 60.3 Å². The SMILES string of the molecule is CCOC(=O)c1ccc(C(=O)OCC)c(-c2ccc(-c3ccc(OCCC(C)CCCC(C)C)cc3)cc2)c1. The molecule has 5 heteroatoms. The molecular weight excluding hydrogens is 488 g/mol. The predicted molar refractivity (Wildman–Crippen MR) is 157 cm³/mol. The van der Waals surface area contributed by atoms with Crippen LogP contribution in [0.15, 0.2) is 66.7 Å². The highest BCUT2D eigenvalue weighted by molar-refractivity contribution is 6.00. The van der Waals surface area contributed by atoms with Crippen molar-refractivity contribution in [3.05, 3.63) is 77.9 Å². The number of rotatable bonds is 14. The van der Waals surface area contributed by atoms with Crippen LogP contribution in [-0.4, -0.2) is 31.8 Å². The molecule has 0 amide bonds. The minimum atomic E-state index is -0.424. The zero-order valence-corrected chi connectivity index (χ0v) is 24.0. The highest BCUT2D eigenvalue weighted by atomic mass is 16.5. The van der Waals surface area contributed by atoms with E-state index in [4.69, 9.17) is 14.2 Å². The van der Waals surface area contributed by atoms with Crippen LogP contribution < -0.4 is 4.74 Å². The van der Waals surface area contributed by atoms with Gasteiger partial charge in [-0.1, -0.05) is 76.4 Å². The number of esters is 2. The number of hydrogen-bond acceptors (Lipinski definition) is 5. The first kappa shape index (κ1) is 29.9. The van der Waals surface area contributed by atoms with E-state index < -0.39 is 11.9 Å². The van der Waals surface area contributed by atoms with Gasteiger partial charge in [0.05, 0.1) is 30.9 Å². The lowest BCUT2D eigenvalue weighted by atomic mass is 9.95. The second kappa shape index (κ2) is 15.1. The smallest absolute Gasteiger partial charge is 0.338 e. The number of ether oxygens (including phenoxy) is 3. The van der Waals surface area contributed by atoms with Crippen LogP contribution in [0.25, 0.3) is 22.3 Å². The van der Waals surface area contributed by atoms with E-state index in [1.807, 2.05) is 36.4 Å². The highest BCUT2D eigenvalue weighted by Crippen LogP contribution is 2.30. The van der Waals surface area contributed by atoms with Gasteiger partial charge in [-0.3, -0.25) is 0 Å². The van der Waals surface area contributed by atoms with E-state index in [2.05, 4.69) is 32.9 Å². The Morgan fingerprint density at radius 2 is 1.28 bits per heavy atom. The van der Waals surface area contributed by atoms with Crippen LogP contribution in [0.4, 0.5) is 0 Å². The predicted octanol–water partition coefficient (Wildman–Crippen LogP) is 8.61. The Balaban J connectivity index is 1.68. The molecule has 0 aromatic heterocycles. The number of carbonyl (C=O) groups excluding carboxylic acids is 2. The standard InChI is InChI=1S/C34H42O5/c1-6-37-33(35)29-17-20-31(34(36)38-7-2)32(23-29)28-13-11-26(12-14-28)27-15-18-30(19-16-27)39-22-21-25(5)10-8-9-24(3)4/h11-20,23-25H,6-10,21-22H2,1-5H3. The maximum Gasteiger partial charge on any atom is 0.338 e. The maximum absolute atomic E-state index is 12.6. The largest absolute Gasteiger partial charge is 0.494 e. The minimum Gasteiger partial charge on any atom is -0.494 e. The molecule has 0 N–H and O–H groups in total. The van der Waals surface area contributed by atoms with Gasteiger partial charge in [0, 0.05) is 0 Å². The summed E-state index contributed by atoms with van der Waals surface area (Å²) in [5, 5.41) is 0. The zero-order chi connectivity index (χ0) is 28.2. The molecule has 0 aliphatic rings. The van der Waals surface area contributed by atoms with E-state index in [9.17, 15) is 9.59 Å². The van der Waals surface area contributed by atoms with Gasteiger partial charge in [-0.2, -0.15) is 0 Å². The van der Waals surface area contributed by atoms with Gasteiger partial charge in [-0.05, 0) is 84.7 Å². The Bertz CT molecular complexity index is 1200. The average molecular weight is 531 g/mol. The number of benzene rings is 3. The van der Waals surface area contributed by atoms with Crippen LogP contribution >= 0.6 is 0 Å². The monoisotopic (exact) mass is 530 g/mol. The average Bonchev–Trinajstić information content (AvgIpc) is 2.93. The molecule has 0 aliphatic carbocycles. The lowest BCUT2D eigenvalue weighted by molar-refractivity contribution is 0.0512. The molecule has 208 valence electrons. The van der Waals surface area contributed by atoms with Crippen LogP contribution in [0.5, 0.6) is 5.75 Å². The number of carbonyl (C=O) groups is 2. The van der Waals surface area contributed by atoms with Crippen LogP contribution in [0.3, 0.4) is 0 Å². The van der Waals surface area contributed by atoms with E-state index >= 15 is 0 Å². The molecule has 0 radical (unpaired) electrons. The second-order valence-corrected chi connectivity index (χ2v) is 10.4. The van der Waals surface area contributed by atoms with Crippen molar-refractivity contribution in [3.63, 3.8) is 0 Å². The normalized spacial score (nSPS) is 11.7. The fraction of sp³-hybridized carbons (Fsp3) is 0.412. The van der Waals surface area contributed by atoms with Gasteiger partial charge in [-0.15, -0.1) is 0 Å². The molecule has 0 heterocycles. The highest BCUT2D eigenvalue weighted by Gasteiger charge is 2.18. The fourth-order valence-electron chi connectivity index (χ4n) is 4.49. The van der Waals surface area contributed by atoms with Crippen molar-refractivity contribution in [3.8, 4) is 28.0 Å². The van der Waals surface area contributed by atoms with Gasteiger partial charge in [0.1, 0.15) is 5.75 Å².